The summed E-state index contributed by atoms with van der Waals surface area (Å²) in [5.41, 5.74) is 0.0907. The van der Waals surface area contributed by atoms with Gasteiger partial charge in [0.15, 0.2) is 0 Å². The maximum atomic E-state index is 11.5. The average Bonchev–Trinajstić information content (AvgIpc) is 2.33. The summed E-state index contributed by atoms with van der Waals surface area (Å²) in [5, 5.41) is 11.3. The average molecular weight is 277 g/mol. The summed E-state index contributed by atoms with van der Waals surface area (Å²) in [6.45, 7) is 5.13. The van der Waals surface area contributed by atoms with E-state index in [2.05, 4.69) is 5.32 Å². The Labute approximate surface area is 118 Å². The molecule has 5 heteroatoms. The number of allylic oxidation sites excluding steroid dienone is 1. The molecule has 0 aliphatic heterocycles. The van der Waals surface area contributed by atoms with Crippen LogP contribution in [-0.4, -0.2) is 22.8 Å². The molecule has 0 fully saturated rings. The number of carbonyl (C=O) groups is 2. The normalized spacial score (nSPS) is 11.8. The number of benzene rings is 1. The van der Waals surface area contributed by atoms with Crippen LogP contribution < -0.4 is 5.32 Å². The van der Waals surface area contributed by atoms with Crippen molar-refractivity contribution in [2.45, 2.75) is 32.8 Å². The zero-order valence-corrected chi connectivity index (χ0v) is 11.8. The number of hydrogen-bond acceptors (Lipinski definition) is 3. The fourth-order valence-electron chi connectivity index (χ4n) is 1.44. The van der Waals surface area contributed by atoms with E-state index in [4.69, 9.17) is 9.84 Å². The molecule has 0 saturated carbocycles. The van der Waals surface area contributed by atoms with Crippen molar-refractivity contribution in [3.8, 4) is 0 Å². The van der Waals surface area contributed by atoms with Crippen LogP contribution in [0.1, 0.15) is 26.3 Å². The second-order valence-electron chi connectivity index (χ2n) is 5.24. The molecule has 0 aromatic heterocycles. The molecule has 0 radical (unpaired) electrons. The Morgan fingerprint density at radius 3 is 2.35 bits per heavy atom. The van der Waals surface area contributed by atoms with E-state index in [1.54, 1.807) is 20.8 Å². The first-order chi connectivity index (χ1) is 9.28. The molecule has 2 N–H and O–H groups in total. The molecule has 1 rings (SSSR count). The summed E-state index contributed by atoms with van der Waals surface area (Å²) in [6, 6.07) is 9.37. The molecule has 0 unspecified atom stereocenters. The lowest BCUT2D eigenvalue weighted by Crippen LogP contribution is -2.34. The van der Waals surface area contributed by atoms with Gasteiger partial charge in [-0.2, -0.15) is 0 Å². The molecule has 1 aromatic rings. The van der Waals surface area contributed by atoms with Crippen molar-refractivity contribution >= 4 is 12.1 Å². The van der Waals surface area contributed by atoms with Crippen LogP contribution in [0, 0.1) is 0 Å². The number of rotatable bonds is 4. The van der Waals surface area contributed by atoms with Gasteiger partial charge in [-0.15, -0.1) is 0 Å². The topological polar surface area (TPSA) is 75.6 Å². The monoisotopic (exact) mass is 277 g/mol. The molecule has 0 saturated heterocycles. The fourth-order valence-corrected chi connectivity index (χ4v) is 1.44. The third kappa shape index (κ3) is 6.04. The molecule has 0 atom stereocenters. The Morgan fingerprint density at radius 1 is 1.25 bits per heavy atom. The molecule has 5 nitrogen and oxygen atoms in total. The van der Waals surface area contributed by atoms with E-state index >= 15 is 0 Å². The van der Waals surface area contributed by atoms with Crippen LogP contribution >= 0.6 is 0 Å². The van der Waals surface area contributed by atoms with Crippen molar-refractivity contribution in [2.75, 3.05) is 0 Å². The summed E-state index contributed by atoms with van der Waals surface area (Å²) in [7, 11) is 0. The van der Waals surface area contributed by atoms with Gasteiger partial charge in [-0.3, -0.25) is 5.32 Å². The molecule has 0 heterocycles. The van der Waals surface area contributed by atoms with Crippen molar-refractivity contribution in [3.05, 3.63) is 47.7 Å². The molecule has 0 aliphatic carbocycles. The first-order valence-electron chi connectivity index (χ1n) is 6.25. The third-order valence-corrected chi connectivity index (χ3v) is 2.25. The number of ether oxygens (including phenoxy) is 1. The molecule has 20 heavy (non-hydrogen) atoms. The van der Waals surface area contributed by atoms with Crippen LogP contribution in [0.2, 0.25) is 0 Å². The Kier molecular flexibility index (Phi) is 5.32. The number of carbonyl (C=O) groups excluding carboxylic acids is 1. The number of carboxylic acids is 1. The largest absolute Gasteiger partial charge is 0.477 e. The Balaban J connectivity index is 2.70. The summed E-state index contributed by atoms with van der Waals surface area (Å²) in [6.07, 6.45) is 1.08. The molecular formula is C15H19NO4. The number of carboxylic acid groups (broad SMARTS) is 1. The molecule has 0 bridgehead atoms. The zero-order chi connectivity index (χ0) is 15.2. The van der Waals surface area contributed by atoms with Crippen LogP contribution in [0.4, 0.5) is 4.79 Å². The maximum absolute atomic E-state index is 11.5. The lowest BCUT2D eigenvalue weighted by atomic mass is 10.1. The lowest BCUT2D eigenvalue weighted by molar-refractivity contribution is -0.133. The van der Waals surface area contributed by atoms with Gasteiger partial charge in [-0.05, 0) is 38.8 Å². The molecule has 0 aliphatic rings. The van der Waals surface area contributed by atoms with Crippen molar-refractivity contribution in [2.24, 2.45) is 0 Å². The van der Waals surface area contributed by atoms with Crippen LogP contribution in [0.15, 0.2) is 42.1 Å². The molecule has 108 valence electrons. The Bertz CT molecular complexity index is 500. The van der Waals surface area contributed by atoms with E-state index in [0.29, 0.717) is 6.42 Å². The highest BCUT2D eigenvalue weighted by molar-refractivity contribution is 5.90. The lowest BCUT2D eigenvalue weighted by Gasteiger charge is -2.19. The number of alkyl carbamates (subject to hydrolysis) is 1. The molecule has 1 amide bonds. The summed E-state index contributed by atoms with van der Waals surface area (Å²) in [4.78, 5) is 22.6. The molecule has 1 aromatic carbocycles. The predicted molar refractivity (Wildman–Crippen MR) is 75.2 cm³/mol. The maximum Gasteiger partial charge on any atom is 0.412 e. The smallest absolute Gasteiger partial charge is 0.412 e. The van der Waals surface area contributed by atoms with Gasteiger partial charge < -0.3 is 9.84 Å². The standard InChI is InChI=1S/C15H19NO4/c1-15(2,3)20-14(19)16-12(13(17)18)10-9-11-7-5-4-6-8-11/h4-8,10H,9H2,1-3H3,(H,16,19)(H,17,18)/b12-10-. The fraction of sp³-hybridized carbons (Fsp3) is 0.333. The number of amides is 1. The second kappa shape index (κ2) is 6.75. The second-order valence-corrected chi connectivity index (χ2v) is 5.24. The van der Waals surface area contributed by atoms with Crippen LogP contribution in [0.5, 0.6) is 0 Å². The van der Waals surface area contributed by atoms with Crippen LogP contribution in [-0.2, 0) is 16.0 Å². The van der Waals surface area contributed by atoms with Gasteiger partial charge >= 0.3 is 12.1 Å². The number of hydrogen-bond donors (Lipinski definition) is 2. The van der Waals surface area contributed by atoms with E-state index in [-0.39, 0.29) is 5.70 Å². The molecular weight excluding hydrogens is 258 g/mol. The minimum absolute atomic E-state index is 0.192. The third-order valence-electron chi connectivity index (χ3n) is 2.25. The van der Waals surface area contributed by atoms with Gasteiger partial charge in [-0.25, -0.2) is 9.59 Å². The van der Waals surface area contributed by atoms with Crippen molar-refractivity contribution in [1.82, 2.24) is 5.32 Å². The van der Waals surface area contributed by atoms with Gasteiger partial charge in [-0.1, -0.05) is 30.3 Å². The summed E-state index contributed by atoms with van der Waals surface area (Å²) < 4.78 is 5.02. The Hall–Kier alpha value is -2.30. The number of nitrogens with one attached hydrogen (secondary N) is 1. The summed E-state index contributed by atoms with van der Waals surface area (Å²) >= 11 is 0. The van der Waals surface area contributed by atoms with Crippen molar-refractivity contribution < 1.29 is 19.4 Å². The summed E-state index contributed by atoms with van der Waals surface area (Å²) in [5.74, 6) is -1.20. The van der Waals surface area contributed by atoms with Gasteiger partial charge in [0.2, 0.25) is 0 Å². The highest BCUT2D eigenvalue weighted by Gasteiger charge is 2.18. The van der Waals surface area contributed by atoms with Crippen molar-refractivity contribution in [1.29, 1.82) is 0 Å². The van der Waals surface area contributed by atoms with E-state index in [9.17, 15) is 9.59 Å². The van der Waals surface area contributed by atoms with Gasteiger partial charge in [0.05, 0.1) is 0 Å². The highest BCUT2D eigenvalue weighted by Crippen LogP contribution is 2.08. The highest BCUT2D eigenvalue weighted by atomic mass is 16.6. The van der Waals surface area contributed by atoms with Gasteiger partial charge in [0.1, 0.15) is 11.3 Å². The minimum Gasteiger partial charge on any atom is -0.477 e. The van der Waals surface area contributed by atoms with E-state index in [0.717, 1.165) is 5.56 Å². The predicted octanol–water partition coefficient (Wildman–Crippen LogP) is 2.72. The Morgan fingerprint density at radius 2 is 1.85 bits per heavy atom. The molecule has 0 spiro atoms. The van der Waals surface area contributed by atoms with Crippen molar-refractivity contribution in [3.63, 3.8) is 0 Å². The SMILES string of the molecule is CC(C)(C)OC(=O)N/C(=C\Cc1ccccc1)C(=O)O. The van der Waals surface area contributed by atoms with E-state index in [1.807, 2.05) is 30.3 Å². The quantitative estimate of drug-likeness (QED) is 0.830. The van der Waals surface area contributed by atoms with E-state index < -0.39 is 17.7 Å². The van der Waals surface area contributed by atoms with Gasteiger partial charge in [0.25, 0.3) is 0 Å². The zero-order valence-electron chi connectivity index (χ0n) is 11.8. The first kappa shape index (κ1) is 15.8. The number of aliphatic carboxylic acids is 1. The van der Waals surface area contributed by atoms with Crippen LogP contribution in [0.3, 0.4) is 0 Å². The minimum atomic E-state index is -1.20. The van der Waals surface area contributed by atoms with Crippen LogP contribution in [0.25, 0.3) is 0 Å². The first-order valence-corrected chi connectivity index (χ1v) is 6.25. The van der Waals surface area contributed by atoms with E-state index in [1.165, 1.54) is 6.08 Å². The van der Waals surface area contributed by atoms with Gasteiger partial charge in [0, 0.05) is 0 Å².